The zero-order valence-corrected chi connectivity index (χ0v) is 13.1. The number of aromatic nitrogens is 3. The molecule has 2 aromatic heterocycles. The van der Waals surface area contributed by atoms with Gasteiger partial charge in [-0.05, 0) is 27.9 Å². The summed E-state index contributed by atoms with van der Waals surface area (Å²) in [4.78, 5) is 12.8. The molecule has 0 aliphatic rings. The summed E-state index contributed by atoms with van der Waals surface area (Å²) in [5, 5.41) is 12.7. The molecule has 0 saturated heterocycles. The molecule has 1 N–H and O–H groups in total. The number of thiophene rings is 1. The molecular formula is C12H15BrN4OS. The van der Waals surface area contributed by atoms with Crippen molar-refractivity contribution in [2.24, 2.45) is 5.92 Å². The maximum atomic E-state index is 12.1. The minimum absolute atomic E-state index is 0.0232. The van der Waals surface area contributed by atoms with E-state index in [1.165, 1.54) is 11.3 Å². The second kappa shape index (κ2) is 6.29. The highest BCUT2D eigenvalue weighted by molar-refractivity contribution is 9.10. The average molecular weight is 343 g/mol. The Morgan fingerprint density at radius 1 is 1.58 bits per heavy atom. The van der Waals surface area contributed by atoms with E-state index in [1.54, 1.807) is 17.1 Å². The first-order valence-electron chi connectivity index (χ1n) is 5.95. The third-order valence-electron chi connectivity index (χ3n) is 2.77. The number of nitrogens with one attached hydrogen (secondary N) is 1. The summed E-state index contributed by atoms with van der Waals surface area (Å²) in [5.74, 6) is 0.270. The third kappa shape index (κ3) is 3.87. The van der Waals surface area contributed by atoms with Crippen molar-refractivity contribution in [1.82, 2.24) is 20.3 Å². The molecular weight excluding hydrogens is 328 g/mol. The molecule has 2 rings (SSSR count). The topological polar surface area (TPSA) is 59.8 Å². The predicted octanol–water partition coefficient (Wildman–Crippen LogP) is 2.56. The third-order valence-corrected chi connectivity index (χ3v) is 4.46. The summed E-state index contributed by atoms with van der Waals surface area (Å²) in [6.45, 7) is 4.77. The normalized spacial score (nSPS) is 12.6. The lowest BCUT2D eigenvalue weighted by Gasteiger charge is -2.21. The van der Waals surface area contributed by atoms with Gasteiger partial charge in [-0.1, -0.05) is 19.1 Å². The van der Waals surface area contributed by atoms with Gasteiger partial charge in [0.1, 0.15) is 0 Å². The van der Waals surface area contributed by atoms with E-state index in [9.17, 15) is 4.79 Å². The Bertz CT molecular complexity index is 538. The van der Waals surface area contributed by atoms with Gasteiger partial charge < -0.3 is 5.32 Å². The van der Waals surface area contributed by atoms with E-state index < -0.39 is 0 Å². The molecule has 0 radical (unpaired) electrons. The van der Waals surface area contributed by atoms with E-state index in [0.29, 0.717) is 17.3 Å². The zero-order chi connectivity index (χ0) is 13.8. The summed E-state index contributed by atoms with van der Waals surface area (Å²) in [6, 6.07) is 1.85. The van der Waals surface area contributed by atoms with Gasteiger partial charge in [0.2, 0.25) is 0 Å². The molecule has 0 spiro atoms. The standard InChI is InChI=1S/C12H15BrN4OS/c1-8(2)10(6-17-4-3-14-16-17)15-12(18)11-5-9(13)7-19-11/h3-5,7-8,10H,6H2,1-2H3,(H,15,18). The SMILES string of the molecule is CC(C)C(Cn1ccnn1)NC(=O)c1cc(Br)cs1. The molecule has 2 aromatic rings. The Kier molecular flexibility index (Phi) is 4.71. The van der Waals surface area contributed by atoms with Crippen LogP contribution in [0.15, 0.2) is 28.3 Å². The molecule has 1 atom stereocenters. The molecule has 2 heterocycles. The minimum atomic E-state index is -0.0467. The molecule has 0 bridgehead atoms. The van der Waals surface area contributed by atoms with Gasteiger partial charge in [0.05, 0.1) is 23.7 Å². The maximum absolute atomic E-state index is 12.1. The Morgan fingerprint density at radius 2 is 2.37 bits per heavy atom. The molecule has 7 heteroatoms. The Morgan fingerprint density at radius 3 is 2.89 bits per heavy atom. The van der Waals surface area contributed by atoms with Gasteiger partial charge in [-0.2, -0.15) is 0 Å². The highest BCUT2D eigenvalue weighted by Gasteiger charge is 2.19. The van der Waals surface area contributed by atoms with Crippen LogP contribution in [0.1, 0.15) is 23.5 Å². The monoisotopic (exact) mass is 342 g/mol. The molecule has 0 aromatic carbocycles. The van der Waals surface area contributed by atoms with Gasteiger partial charge in [0.15, 0.2) is 0 Å². The summed E-state index contributed by atoms with van der Waals surface area (Å²) in [5.41, 5.74) is 0. The zero-order valence-electron chi connectivity index (χ0n) is 10.7. The largest absolute Gasteiger partial charge is 0.346 e. The quantitative estimate of drug-likeness (QED) is 0.908. The van der Waals surface area contributed by atoms with Crippen molar-refractivity contribution in [3.63, 3.8) is 0 Å². The Labute approximate surface area is 124 Å². The first-order chi connectivity index (χ1) is 9.06. The lowest BCUT2D eigenvalue weighted by atomic mass is 10.0. The molecule has 0 aliphatic carbocycles. The molecule has 0 fully saturated rings. The molecule has 5 nitrogen and oxygen atoms in total. The smallest absolute Gasteiger partial charge is 0.261 e. The number of hydrogen-bond acceptors (Lipinski definition) is 4. The molecule has 1 amide bonds. The van der Waals surface area contributed by atoms with Crippen LogP contribution in [0.25, 0.3) is 0 Å². The van der Waals surface area contributed by atoms with E-state index in [1.807, 2.05) is 11.4 Å². The highest BCUT2D eigenvalue weighted by atomic mass is 79.9. The number of carbonyl (C=O) groups is 1. The van der Waals surface area contributed by atoms with Crippen molar-refractivity contribution in [3.8, 4) is 0 Å². The molecule has 0 saturated carbocycles. The summed E-state index contributed by atoms with van der Waals surface area (Å²) in [7, 11) is 0. The fraction of sp³-hybridized carbons (Fsp3) is 0.417. The van der Waals surface area contributed by atoms with E-state index in [-0.39, 0.29) is 11.9 Å². The van der Waals surface area contributed by atoms with Crippen molar-refractivity contribution in [3.05, 3.63) is 33.2 Å². The first-order valence-corrected chi connectivity index (χ1v) is 7.62. The molecule has 0 aliphatic heterocycles. The summed E-state index contributed by atoms with van der Waals surface area (Å²) in [6.07, 6.45) is 3.43. The second-order valence-corrected chi connectivity index (χ2v) is 6.41. The van der Waals surface area contributed by atoms with Gasteiger partial charge in [-0.15, -0.1) is 16.4 Å². The lowest BCUT2D eigenvalue weighted by Crippen LogP contribution is -2.41. The number of hydrogen-bond donors (Lipinski definition) is 1. The molecule has 1 unspecified atom stereocenters. The number of nitrogens with zero attached hydrogens (tertiary/aromatic N) is 3. The number of carbonyl (C=O) groups excluding carboxylic acids is 1. The van der Waals surface area contributed by atoms with Crippen LogP contribution in [0.3, 0.4) is 0 Å². The number of rotatable bonds is 5. The van der Waals surface area contributed by atoms with E-state index in [2.05, 4.69) is 45.4 Å². The van der Waals surface area contributed by atoms with Gasteiger partial charge in [0, 0.05) is 16.0 Å². The minimum Gasteiger partial charge on any atom is -0.346 e. The van der Waals surface area contributed by atoms with Crippen LogP contribution in [0, 0.1) is 5.92 Å². The fourth-order valence-electron chi connectivity index (χ4n) is 1.63. The molecule has 102 valence electrons. The van der Waals surface area contributed by atoms with Crippen molar-refractivity contribution >= 4 is 33.2 Å². The van der Waals surface area contributed by atoms with Crippen LogP contribution < -0.4 is 5.32 Å². The first kappa shape index (κ1) is 14.2. The van der Waals surface area contributed by atoms with Crippen LogP contribution in [-0.2, 0) is 6.54 Å². The van der Waals surface area contributed by atoms with Gasteiger partial charge >= 0.3 is 0 Å². The lowest BCUT2D eigenvalue weighted by molar-refractivity contribution is 0.0923. The van der Waals surface area contributed by atoms with Gasteiger partial charge in [0.25, 0.3) is 5.91 Å². The summed E-state index contributed by atoms with van der Waals surface area (Å²) >= 11 is 4.78. The van der Waals surface area contributed by atoms with Crippen LogP contribution in [0.4, 0.5) is 0 Å². The Hall–Kier alpha value is -1.21. The van der Waals surface area contributed by atoms with Crippen molar-refractivity contribution < 1.29 is 4.79 Å². The van der Waals surface area contributed by atoms with E-state index in [0.717, 1.165) is 4.47 Å². The van der Waals surface area contributed by atoms with Crippen LogP contribution in [-0.4, -0.2) is 26.9 Å². The second-order valence-electron chi connectivity index (χ2n) is 4.58. The van der Waals surface area contributed by atoms with Crippen molar-refractivity contribution in [1.29, 1.82) is 0 Å². The predicted molar refractivity (Wildman–Crippen MR) is 78.1 cm³/mol. The maximum Gasteiger partial charge on any atom is 0.261 e. The van der Waals surface area contributed by atoms with Crippen molar-refractivity contribution in [2.75, 3.05) is 0 Å². The number of halogens is 1. The van der Waals surface area contributed by atoms with Gasteiger partial charge in [-0.3, -0.25) is 9.48 Å². The van der Waals surface area contributed by atoms with E-state index >= 15 is 0 Å². The van der Waals surface area contributed by atoms with Crippen LogP contribution in [0.5, 0.6) is 0 Å². The average Bonchev–Trinajstić information content (AvgIpc) is 2.99. The number of amides is 1. The fourth-order valence-corrected chi connectivity index (χ4v) is 2.96. The van der Waals surface area contributed by atoms with Gasteiger partial charge in [-0.25, -0.2) is 0 Å². The van der Waals surface area contributed by atoms with Crippen molar-refractivity contribution in [2.45, 2.75) is 26.4 Å². The highest BCUT2D eigenvalue weighted by Crippen LogP contribution is 2.20. The van der Waals surface area contributed by atoms with E-state index in [4.69, 9.17) is 0 Å². The summed E-state index contributed by atoms with van der Waals surface area (Å²) < 4.78 is 2.66. The van der Waals surface area contributed by atoms with Crippen LogP contribution >= 0.6 is 27.3 Å². The molecule has 19 heavy (non-hydrogen) atoms. The Balaban J connectivity index is 2.02. The van der Waals surface area contributed by atoms with Crippen LogP contribution in [0.2, 0.25) is 0 Å².